The van der Waals surface area contributed by atoms with Gasteiger partial charge in [0.15, 0.2) is 9.84 Å². The van der Waals surface area contributed by atoms with Crippen molar-refractivity contribution in [3.8, 4) is 11.4 Å². The number of carbonyl (C=O) groups excluding carboxylic acids is 1. The molecule has 5 heterocycles. The number of aromatic nitrogens is 3. The predicted molar refractivity (Wildman–Crippen MR) is 167 cm³/mol. The number of amides is 1. The van der Waals surface area contributed by atoms with Gasteiger partial charge in [-0.25, -0.2) is 18.4 Å². The lowest BCUT2D eigenvalue weighted by Crippen LogP contribution is -2.45. The number of ether oxygens (including phenoxy) is 1. The molecule has 6 rings (SSSR count). The lowest BCUT2D eigenvalue weighted by atomic mass is 10.1. The predicted octanol–water partition coefficient (Wildman–Crippen LogP) is 4.16. The maximum absolute atomic E-state index is 13.2. The maximum Gasteiger partial charge on any atom is 0.251 e. The molecule has 224 valence electrons. The summed E-state index contributed by atoms with van der Waals surface area (Å²) in [5, 5.41) is 3.22. The normalized spacial score (nSPS) is 21.5. The molecule has 0 spiro atoms. The first-order valence-electron chi connectivity index (χ1n) is 14.5. The van der Waals surface area contributed by atoms with Gasteiger partial charge in [0.1, 0.15) is 5.82 Å². The molecule has 2 aliphatic rings. The van der Waals surface area contributed by atoms with Crippen LogP contribution in [-0.2, 0) is 21.1 Å². The summed E-state index contributed by atoms with van der Waals surface area (Å²) in [6, 6.07) is 14.9. The second-order valence-electron chi connectivity index (χ2n) is 11.7. The van der Waals surface area contributed by atoms with Crippen LogP contribution in [0.3, 0.4) is 0 Å². The molecule has 4 aromatic rings. The maximum atomic E-state index is 13.2. The number of aryl methyl sites for hydroxylation is 1. The Morgan fingerprint density at radius 3 is 2.51 bits per heavy atom. The molecule has 0 bridgehead atoms. The van der Waals surface area contributed by atoms with Gasteiger partial charge in [-0.1, -0.05) is 6.07 Å². The van der Waals surface area contributed by atoms with Crippen molar-refractivity contribution in [1.29, 1.82) is 0 Å². The number of hydrogen-bond donors (Lipinski definition) is 1. The molecule has 3 aromatic heterocycles. The molecule has 1 N–H and O–H groups in total. The first-order valence-corrected chi connectivity index (χ1v) is 16.1. The van der Waals surface area contributed by atoms with Gasteiger partial charge < -0.3 is 19.9 Å². The Hall–Kier alpha value is -4.09. The number of pyridine rings is 3. The van der Waals surface area contributed by atoms with E-state index in [4.69, 9.17) is 14.7 Å². The van der Waals surface area contributed by atoms with Gasteiger partial charge in [0.05, 0.1) is 57.2 Å². The number of benzene rings is 1. The molecule has 10 nitrogen and oxygen atoms in total. The third kappa shape index (κ3) is 5.66. The summed E-state index contributed by atoms with van der Waals surface area (Å²) >= 11 is 0. The van der Waals surface area contributed by atoms with Crippen LogP contribution in [0.4, 0.5) is 11.5 Å². The summed E-state index contributed by atoms with van der Waals surface area (Å²) in [5.41, 5.74) is 4.60. The van der Waals surface area contributed by atoms with Crippen molar-refractivity contribution in [2.24, 2.45) is 0 Å². The quantitative estimate of drug-likeness (QED) is 0.360. The Morgan fingerprint density at radius 2 is 1.74 bits per heavy atom. The van der Waals surface area contributed by atoms with Gasteiger partial charge in [0.25, 0.3) is 5.91 Å². The van der Waals surface area contributed by atoms with Crippen LogP contribution in [0.2, 0.25) is 0 Å². The van der Waals surface area contributed by atoms with Crippen molar-refractivity contribution in [2.75, 3.05) is 36.5 Å². The van der Waals surface area contributed by atoms with Crippen LogP contribution in [0.25, 0.3) is 22.3 Å². The summed E-state index contributed by atoms with van der Waals surface area (Å²) in [5.74, 6) is 0.532. The number of sulfone groups is 1. The first kappa shape index (κ1) is 29.0. The van der Waals surface area contributed by atoms with Crippen LogP contribution in [0.1, 0.15) is 42.4 Å². The standard InChI is InChI=1S/C32H36N6O4S/c1-19-11-24(12-29-31(19)37(5)18-22(4)43(29,40)41)32(39)34-15-25-13-28-23(14-33-25)9-10-27(35-28)26-7-6-8-30(36-26)38-16-20(2)42-21(3)17-38/h6-14,20-22H,15-18H2,1-5H3,(H,34,39)/t20-,21+,22-/m0/s1. The Labute approximate surface area is 252 Å². The number of carbonyl (C=O) groups is 1. The molecular formula is C32H36N6O4S. The van der Waals surface area contributed by atoms with E-state index in [1.807, 2.05) is 55.3 Å². The number of rotatable bonds is 5. The number of nitrogens with one attached hydrogen (secondary N) is 1. The highest BCUT2D eigenvalue weighted by Gasteiger charge is 2.35. The fraction of sp³-hybridized carbons (Fsp3) is 0.375. The number of anilines is 2. The highest BCUT2D eigenvalue weighted by molar-refractivity contribution is 7.92. The van der Waals surface area contributed by atoms with Crippen LogP contribution < -0.4 is 15.1 Å². The van der Waals surface area contributed by atoms with E-state index in [2.05, 4.69) is 29.0 Å². The number of fused-ring (bicyclic) bond motifs is 2. The van der Waals surface area contributed by atoms with E-state index in [9.17, 15) is 13.2 Å². The molecule has 0 unspecified atom stereocenters. The third-order valence-electron chi connectivity index (χ3n) is 8.08. The second-order valence-corrected chi connectivity index (χ2v) is 14.0. The van der Waals surface area contributed by atoms with Gasteiger partial charge in [0, 0.05) is 43.8 Å². The zero-order chi connectivity index (χ0) is 30.5. The van der Waals surface area contributed by atoms with Crippen LogP contribution in [0.5, 0.6) is 0 Å². The molecule has 0 radical (unpaired) electrons. The lowest BCUT2D eigenvalue weighted by Gasteiger charge is -2.36. The van der Waals surface area contributed by atoms with Gasteiger partial charge >= 0.3 is 0 Å². The van der Waals surface area contributed by atoms with E-state index < -0.39 is 15.1 Å². The number of hydrogen-bond acceptors (Lipinski definition) is 9. The Morgan fingerprint density at radius 1 is 1.00 bits per heavy atom. The minimum atomic E-state index is -3.52. The summed E-state index contributed by atoms with van der Waals surface area (Å²) < 4.78 is 32.0. The molecule has 3 atom stereocenters. The van der Waals surface area contributed by atoms with Crippen LogP contribution in [0.15, 0.2) is 59.6 Å². The summed E-state index contributed by atoms with van der Waals surface area (Å²) in [4.78, 5) is 31.8. The van der Waals surface area contributed by atoms with Crippen molar-refractivity contribution in [3.05, 3.63) is 71.5 Å². The molecule has 2 aliphatic heterocycles. The van der Waals surface area contributed by atoms with E-state index in [0.29, 0.717) is 23.5 Å². The van der Waals surface area contributed by atoms with Crippen molar-refractivity contribution < 1.29 is 17.9 Å². The Bertz CT molecular complexity index is 1820. The SMILES string of the molecule is Cc1cc(C(=O)NCc2cc3nc(-c4cccc(N5C[C@@H](C)O[C@@H](C)C5)n4)ccc3cn2)cc2c1N(C)C[C@H](C)S2(=O)=O. The van der Waals surface area contributed by atoms with Crippen molar-refractivity contribution in [1.82, 2.24) is 20.3 Å². The molecule has 43 heavy (non-hydrogen) atoms. The second kappa shape index (κ2) is 11.2. The largest absolute Gasteiger partial charge is 0.372 e. The van der Waals surface area contributed by atoms with Gasteiger partial charge in [-0.3, -0.25) is 9.78 Å². The molecule has 1 saturated heterocycles. The van der Waals surface area contributed by atoms with Gasteiger partial charge in [-0.05, 0) is 75.7 Å². The third-order valence-corrected chi connectivity index (χ3v) is 10.2. The lowest BCUT2D eigenvalue weighted by molar-refractivity contribution is -0.00545. The number of nitrogens with zero attached hydrogens (tertiary/aromatic N) is 5. The Balaban J connectivity index is 1.21. The van der Waals surface area contributed by atoms with E-state index in [1.165, 1.54) is 6.07 Å². The average Bonchev–Trinajstić information content (AvgIpc) is 2.97. The minimum absolute atomic E-state index is 0.133. The molecule has 1 amide bonds. The molecule has 11 heteroatoms. The van der Waals surface area contributed by atoms with E-state index in [-0.39, 0.29) is 29.6 Å². The molecular weight excluding hydrogens is 564 g/mol. The molecule has 0 aliphatic carbocycles. The van der Waals surface area contributed by atoms with Gasteiger partial charge in [-0.2, -0.15) is 0 Å². The van der Waals surface area contributed by atoms with Crippen molar-refractivity contribution in [2.45, 2.75) is 56.6 Å². The fourth-order valence-corrected chi connectivity index (χ4v) is 7.78. The van der Waals surface area contributed by atoms with Crippen LogP contribution in [-0.4, -0.2) is 73.4 Å². The van der Waals surface area contributed by atoms with E-state index >= 15 is 0 Å². The summed E-state index contributed by atoms with van der Waals surface area (Å²) in [7, 11) is -1.65. The average molecular weight is 601 g/mol. The molecule has 1 aromatic carbocycles. The van der Waals surface area contributed by atoms with Crippen molar-refractivity contribution in [3.63, 3.8) is 0 Å². The van der Waals surface area contributed by atoms with Crippen LogP contribution in [0, 0.1) is 6.92 Å². The fourth-order valence-electron chi connectivity index (χ4n) is 6.05. The molecule has 0 saturated carbocycles. The smallest absolute Gasteiger partial charge is 0.251 e. The van der Waals surface area contributed by atoms with Crippen molar-refractivity contribution >= 4 is 38.2 Å². The summed E-state index contributed by atoms with van der Waals surface area (Å²) in [6.07, 6.45) is 2.00. The highest BCUT2D eigenvalue weighted by atomic mass is 32.2. The van der Waals surface area contributed by atoms with Crippen LogP contribution >= 0.6 is 0 Å². The zero-order valence-electron chi connectivity index (χ0n) is 25.0. The van der Waals surface area contributed by atoms with E-state index in [1.54, 1.807) is 19.2 Å². The monoisotopic (exact) mass is 600 g/mol. The minimum Gasteiger partial charge on any atom is -0.372 e. The summed E-state index contributed by atoms with van der Waals surface area (Å²) in [6.45, 7) is 9.82. The number of morpholine rings is 1. The van der Waals surface area contributed by atoms with Gasteiger partial charge in [-0.15, -0.1) is 0 Å². The first-order chi connectivity index (χ1) is 20.5. The highest BCUT2D eigenvalue weighted by Crippen LogP contribution is 2.36. The van der Waals surface area contributed by atoms with E-state index in [0.717, 1.165) is 46.8 Å². The zero-order valence-corrected chi connectivity index (χ0v) is 25.9. The Kier molecular flexibility index (Phi) is 7.55. The van der Waals surface area contributed by atoms with Gasteiger partial charge in [0.2, 0.25) is 0 Å². The topological polar surface area (TPSA) is 118 Å². The molecule has 1 fully saturated rings.